The van der Waals surface area contributed by atoms with Crippen molar-refractivity contribution in [3.63, 3.8) is 0 Å². The molecule has 3 heteroatoms. The number of hydrogen-bond donors (Lipinski definition) is 0. The van der Waals surface area contributed by atoms with Crippen LogP contribution in [0.5, 0.6) is 0 Å². The van der Waals surface area contributed by atoms with Gasteiger partial charge in [0.25, 0.3) is 0 Å². The van der Waals surface area contributed by atoms with Gasteiger partial charge in [-0.15, -0.1) is 0 Å². The van der Waals surface area contributed by atoms with Gasteiger partial charge in [0, 0.05) is 11.9 Å². The summed E-state index contributed by atoms with van der Waals surface area (Å²) in [4.78, 5) is 2.54. The van der Waals surface area contributed by atoms with Crippen molar-refractivity contribution in [2.45, 2.75) is 25.6 Å². The SMILES string of the molecule is c1cc2cc(-c3ccc(COC4CN5CCC4CC5)cc3)ccc2o1. The Morgan fingerprint density at radius 2 is 1.76 bits per heavy atom. The monoisotopic (exact) mass is 333 g/mol. The summed E-state index contributed by atoms with van der Waals surface area (Å²) < 4.78 is 11.7. The minimum absolute atomic E-state index is 0.422. The van der Waals surface area contributed by atoms with E-state index in [9.17, 15) is 0 Å². The molecular weight excluding hydrogens is 310 g/mol. The minimum atomic E-state index is 0.422. The van der Waals surface area contributed by atoms with E-state index in [1.54, 1.807) is 6.26 Å². The van der Waals surface area contributed by atoms with Gasteiger partial charge in [-0.2, -0.15) is 0 Å². The van der Waals surface area contributed by atoms with Gasteiger partial charge >= 0.3 is 0 Å². The van der Waals surface area contributed by atoms with Gasteiger partial charge in [-0.3, -0.25) is 0 Å². The van der Waals surface area contributed by atoms with Gasteiger partial charge in [0.1, 0.15) is 5.58 Å². The molecule has 0 aliphatic carbocycles. The molecule has 2 aromatic carbocycles. The smallest absolute Gasteiger partial charge is 0.133 e. The molecule has 0 spiro atoms. The van der Waals surface area contributed by atoms with Crippen LogP contribution in [0.2, 0.25) is 0 Å². The molecule has 0 saturated carbocycles. The molecule has 1 atom stereocenters. The second kappa shape index (κ2) is 6.32. The first kappa shape index (κ1) is 15.2. The lowest BCUT2D eigenvalue weighted by molar-refractivity contribution is -0.0765. The second-order valence-corrected chi connectivity index (χ2v) is 7.36. The number of ether oxygens (including phenoxy) is 1. The van der Waals surface area contributed by atoms with Crippen molar-refractivity contribution < 1.29 is 9.15 Å². The van der Waals surface area contributed by atoms with Crippen molar-refractivity contribution in [1.82, 2.24) is 4.90 Å². The topological polar surface area (TPSA) is 25.6 Å². The predicted octanol–water partition coefficient (Wildman–Crippen LogP) is 4.71. The minimum Gasteiger partial charge on any atom is -0.464 e. The van der Waals surface area contributed by atoms with Crippen LogP contribution in [0.3, 0.4) is 0 Å². The molecule has 0 amide bonds. The third kappa shape index (κ3) is 2.99. The van der Waals surface area contributed by atoms with Crippen LogP contribution in [0, 0.1) is 5.92 Å². The van der Waals surface area contributed by atoms with Crippen LogP contribution in [0.1, 0.15) is 18.4 Å². The number of benzene rings is 2. The van der Waals surface area contributed by atoms with Crippen LogP contribution in [0.25, 0.3) is 22.1 Å². The highest BCUT2D eigenvalue weighted by atomic mass is 16.5. The lowest BCUT2D eigenvalue weighted by atomic mass is 9.86. The molecule has 25 heavy (non-hydrogen) atoms. The summed E-state index contributed by atoms with van der Waals surface area (Å²) >= 11 is 0. The molecule has 3 saturated heterocycles. The zero-order valence-corrected chi connectivity index (χ0v) is 14.4. The Labute approximate surface area is 148 Å². The van der Waals surface area contributed by atoms with Gasteiger partial charge in [0.15, 0.2) is 0 Å². The van der Waals surface area contributed by atoms with Crippen LogP contribution in [-0.2, 0) is 11.3 Å². The molecule has 3 aliphatic rings. The summed E-state index contributed by atoms with van der Waals surface area (Å²) in [5, 5.41) is 1.15. The maximum atomic E-state index is 6.24. The Bertz CT molecular complexity index is 859. The molecule has 1 aromatic heterocycles. The van der Waals surface area contributed by atoms with Gasteiger partial charge in [-0.05, 0) is 66.7 Å². The Kier molecular flexibility index (Phi) is 3.84. The van der Waals surface area contributed by atoms with E-state index in [0.29, 0.717) is 6.10 Å². The Morgan fingerprint density at radius 3 is 2.52 bits per heavy atom. The fraction of sp³-hybridized carbons (Fsp3) is 0.364. The lowest BCUT2D eigenvalue weighted by Gasteiger charge is -2.44. The normalized spacial score (nSPS) is 25.5. The fourth-order valence-corrected chi connectivity index (χ4v) is 4.24. The predicted molar refractivity (Wildman–Crippen MR) is 99.4 cm³/mol. The highest BCUT2D eigenvalue weighted by molar-refractivity contribution is 5.83. The van der Waals surface area contributed by atoms with Crippen LogP contribution in [-0.4, -0.2) is 30.6 Å². The summed E-state index contributed by atoms with van der Waals surface area (Å²) in [6.45, 7) is 4.37. The van der Waals surface area contributed by atoms with Crippen LogP contribution >= 0.6 is 0 Å². The highest BCUT2D eigenvalue weighted by Crippen LogP contribution is 2.30. The summed E-state index contributed by atoms with van der Waals surface area (Å²) in [5.74, 6) is 0.769. The maximum absolute atomic E-state index is 6.24. The summed E-state index contributed by atoms with van der Waals surface area (Å²) in [5.41, 5.74) is 4.64. The number of furan rings is 1. The highest BCUT2D eigenvalue weighted by Gasteiger charge is 2.34. The molecule has 6 rings (SSSR count). The molecule has 3 aromatic rings. The molecule has 4 heterocycles. The third-order valence-corrected chi connectivity index (χ3v) is 5.80. The van der Waals surface area contributed by atoms with Crippen molar-refractivity contribution in [2.24, 2.45) is 5.92 Å². The summed E-state index contributed by atoms with van der Waals surface area (Å²) in [6.07, 6.45) is 4.77. The van der Waals surface area contributed by atoms with Gasteiger partial charge in [0.05, 0.1) is 19.0 Å². The van der Waals surface area contributed by atoms with Crippen LogP contribution < -0.4 is 0 Å². The number of piperidine rings is 3. The van der Waals surface area contributed by atoms with Crippen molar-refractivity contribution in [3.8, 4) is 11.1 Å². The van der Waals surface area contributed by atoms with E-state index in [-0.39, 0.29) is 0 Å². The van der Waals surface area contributed by atoms with E-state index >= 15 is 0 Å². The second-order valence-electron chi connectivity index (χ2n) is 7.36. The van der Waals surface area contributed by atoms with Crippen molar-refractivity contribution in [1.29, 1.82) is 0 Å². The third-order valence-electron chi connectivity index (χ3n) is 5.80. The van der Waals surface area contributed by atoms with Gasteiger partial charge in [0.2, 0.25) is 0 Å². The van der Waals surface area contributed by atoms with Crippen LogP contribution in [0.4, 0.5) is 0 Å². The largest absolute Gasteiger partial charge is 0.464 e. The van der Waals surface area contributed by atoms with Gasteiger partial charge in [-0.25, -0.2) is 0 Å². The van der Waals surface area contributed by atoms with Crippen molar-refractivity contribution in [2.75, 3.05) is 19.6 Å². The lowest BCUT2D eigenvalue weighted by Crippen LogP contribution is -2.51. The van der Waals surface area contributed by atoms with Gasteiger partial charge < -0.3 is 14.1 Å². The zero-order valence-electron chi connectivity index (χ0n) is 14.4. The van der Waals surface area contributed by atoms with Crippen LogP contribution in [0.15, 0.2) is 59.2 Å². The number of nitrogens with zero attached hydrogens (tertiary/aromatic N) is 1. The average molecular weight is 333 g/mol. The standard InChI is InChI=1S/C22H23NO2/c1-3-17(19-5-6-21-20(13-19)9-12-24-21)4-2-16(1)15-25-22-14-23-10-7-18(22)8-11-23/h1-6,9,12-13,18,22H,7-8,10-11,14-15H2. The Hall–Kier alpha value is -2.10. The Morgan fingerprint density at radius 1 is 0.960 bits per heavy atom. The first-order chi connectivity index (χ1) is 12.3. The first-order valence-electron chi connectivity index (χ1n) is 9.26. The zero-order chi connectivity index (χ0) is 16.6. The molecule has 2 bridgehead atoms. The number of rotatable bonds is 4. The number of fused-ring (bicyclic) bond motifs is 4. The molecule has 3 aliphatic heterocycles. The van der Waals surface area contributed by atoms with E-state index in [4.69, 9.17) is 9.15 Å². The van der Waals surface area contributed by atoms with E-state index in [0.717, 1.165) is 30.0 Å². The van der Waals surface area contributed by atoms with Crippen molar-refractivity contribution >= 4 is 11.0 Å². The molecular formula is C22H23NO2. The molecule has 3 fully saturated rings. The fourth-order valence-electron chi connectivity index (χ4n) is 4.24. The van der Waals surface area contributed by atoms with Crippen molar-refractivity contribution in [3.05, 3.63) is 60.4 Å². The van der Waals surface area contributed by atoms with E-state index in [1.807, 2.05) is 12.1 Å². The van der Waals surface area contributed by atoms with E-state index in [1.165, 1.54) is 42.6 Å². The molecule has 1 unspecified atom stereocenters. The average Bonchev–Trinajstić information content (AvgIpc) is 3.15. The first-order valence-corrected chi connectivity index (χ1v) is 9.26. The molecule has 0 radical (unpaired) electrons. The Balaban J connectivity index is 1.27. The number of hydrogen-bond acceptors (Lipinski definition) is 3. The summed E-state index contributed by atoms with van der Waals surface area (Å²) in [6, 6.07) is 17.1. The molecule has 128 valence electrons. The molecule has 0 N–H and O–H groups in total. The van der Waals surface area contributed by atoms with E-state index < -0.39 is 0 Å². The summed E-state index contributed by atoms with van der Waals surface area (Å²) in [7, 11) is 0. The van der Waals surface area contributed by atoms with E-state index in [2.05, 4.69) is 41.3 Å². The molecule has 3 nitrogen and oxygen atoms in total. The van der Waals surface area contributed by atoms with Gasteiger partial charge in [-0.1, -0.05) is 30.3 Å². The quantitative estimate of drug-likeness (QED) is 0.691. The maximum Gasteiger partial charge on any atom is 0.133 e.